The Bertz CT molecular complexity index is 1380. The molecule has 0 aromatic heterocycles. The van der Waals surface area contributed by atoms with Crippen LogP contribution in [0.1, 0.15) is 5.56 Å². The first-order valence-corrected chi connectivity index (χ1v) is 12.9. The summed E-state index contributed by atoms with van der Waals surface area (Å²) in [6.45, 7) is -0.132. The van der Waals surface area contributed by atoms with Crippen molar-refractivity contribution in [1.82, 2.24) is 4.90 Å². The fourth-order valence-electron chi connectivity index (χ4n) is 3.47. The van der Waals surface area contributed by atoms with Crippen molar-refractivity contribution >= 4 is 63.8 Å². The van der Waals surface area contributed by atoms with E-state index >= 15 is 0 Å². The van der Waals surface area contributed by atoms with Crippen molar-refractivity contribution in [1.29, 1.82) is 0 Å². The van der Waals surface area contributed by atoms with Crippen molar-refractivity contribution in [2.45, 2.75) is 0 Å². The van der Waals surface area contributed by atoms with E-state index in [9.17, 15) is 14.4 Å². The van der Waals surface area contributed by atoms with E-state index < -0.39 is 11.1 Å². The lowest BCUT2D eigenvalue weighted by Gasteiger charge is -2.14. The Morgan fingerprint density at radius 3 is 2.45 bits per heavy atom. The van der Waals surface area contributed by atoms with Gasteiger partial charge in [0.05, 0.1) is 28.6 Å². The maximum absolute atomic E-state index is 12.9. The maximum atomic E-state index is 12.9. The number of benzene rings is 3. The molecule has 8 nitrogen and oxygen atoms in total. The Morgan fingerprint density at radius 1 is 0.974 bits per heavy atom. The van der Waals surface area contributed by atoms with Gasteiger partial charge in [-0.2, -0.15) is 0 Å². The molecular weight excluding hydrogens is 551 g/mol. The van der Waals surface area contributed by atoms with Gasteiger partial charge < -0.3 is 19.5 Å². The highest BCUT2D eigenvalue weighted by atomic mass is 35.5. The second-order valence-electron chi connectivity index (χ2n) is 7.85. The van der Waals surface area contributed by atoms with E-state index in [4.69, 9.17) is 37.4 Å². The van der Waals surface area contributed by atoms with Gasteiger partial charge in [0.1, 0.15) is 12.4 Å². The first kappa shape index (κ1) is 27.4. The second-order valence-corrected chi connectivity index (χ2v) is 9.66. The molecule has 3 aromatic rings. The summed E-state index contributed by atoms with van der Waals surface area (Å²) in [4.78, 5) is 38.9. The Kier molecular flexibility index (Phi) is 9.17. The molecule has 0 saturated carbocycles. The summed E-state index contributed by atoms with van der Waals surface area (Å²) in [5.41, 5.74) is 1.16. The zero-order valence-corrected chi connectivity index (χ0v) is 22.4. The van der Waals surface area contributed by atoms with Crippen LogP contribution in [0.3, 0.4) is 0 Å². The highest BCUT2D eigenvalue weighted by Crippen LogP contribution is 2.39. The van der Waals surface area contributed by atoms with Crippen LogP contribution in [0.5, 0.6) is 17.2 Å². The van der Waals surface area contributed by atoms with E-state index in [1.807, 2.05) is 6.07 Å². The van der Waals surface area contributed by atoms with Gasteiger partial charge in [0.15, 0.2) is 18.1 Å². The van der Waals surface area contributed by atoms with Crippen LogP contribution >= 0.6 is 35.0 Å². The van der Waals surface area contributed by atoms with Crippen molar-refractivity contribution in [3.8, 4) is 17.2 Å². The van der Waals surface area contributed by atoms with Crippen molar-refractivity contribution in [2.75, 3.05) is 32.2 Å². The third-order valence-electron chi connectivity index (χ3n) is 5.24. The van der Waals surface area contributed by atoms with Gasteiger partial charge in [-0.25, -0.2) is 0 Å². The number of carbonyl (C=O) groups excluding carboxylic acids is 3. The predicted molar refractivity (Wildman–Crippen MR) is 148 cm³/mol. The Balaban J connectivity index is 1.40. The fraction of sp³-hybridized carbons (Fsp3) is 0.148. The maximum Gasteiger partial charge on any atom is 0.293 e. The zero-order valence-electron chi connectivity index (χ0n) is 20.1. The molecule has 1 N–H and O–H groups in total. The van der Waals surface area contributed by atoms with E-state index in [0.717, 1.165) is 16.7 Å². The van der Waals surface area contributed by atoms with Gasteiger partial charge >= 0.3 is 0 Å². The van der Waals surface area contributed by atoms with Crippen LogP contribution in [0.4, 0.5) is 10.5 Å². The minimum atomic E-state index is -0.448. The number of imide groups is 1. The first-order chi connectivity index (χ1) is 18.4. The third kappa shape index (κ3) is 6.80. The number of hydrogen-bond donors (Lipinski definition) is 1. The number of nitrogens with zero attached hydrogens (tertiary/aromatic N) is 1. The molecule has 38 heavy (non-hydrogen) atoms. The van der Waals surface area contributed by atoms with Crippen molar-refractivity contribution in [2.24, 2.45) is 0 Å². The molecule has 0 atom stereocenters. The fourth-order valence-corrected chi connectivity index (χ4v) is 4.80. The molecule has 1 aliphatic heterocycles. The number of ether oxygens (including phenoxy) is 3. The normalized spacial score (nSPS) is 14.1. The summed E-state index contributed by atoms with van der Waals surface area (Å²) < 4.78 is 16.6. The number of amides is 3. The topological polar surface area (TPSA) is 94.2 Å². The molecule has 0 radical (unpaired) electrons. The molecule has 11 heteroatoms. The Morgan fingerprint density at radius 2 is 1.71 bits per heavy atom. The smallest absolute Gasteiger partial charge is 0.293 e. The number of carbonyl (C=O) groups is 3. The second kappa shape index (κ2) is 12.7. The molecule has 1 saturated heterocycles. The molecular formula is C27H22Cl2N2O6S. The average Bonchev–Trinajstić information content (AvgIpc) is 3.16. The zero-order chi connectivity index (χ0) is 27.1. The lowest BCUT2D eigenvalue weighted by Crippen LogP contribution is -2.32. The minimum Gasteiger partial charge on any atom is -0.493 e. The van der Waals surface area contributed by atoms with Gasteiger partial charge in [-0.15, -0.1) is 0 Å². The van der Waals surface area contributed by atoms with Gasteiger partial charge in [0, 0.05) is 5.69 Å². The van der Waals surface area contributed by atoms with Crippen LogP contribution in [-0.4, -0.2) is 48.8 Å². The van der Waals surface area contributed by atoms with Gasteiger partial charge in [-0.3, -0.25) is 19.3 Å². The van der Waals surface area contributed by atoms with Crippen molar-refractivity contribution in [3.05, 3.63) is 87.2 Å². The Labute approximate surface area is 233 Å². The number of anilines is 1. The van der Waals surface area contributed by atoms with Crippen LogP contribution in [0, 0.1) is 0 Å². The molecule has 0 unspecified atom stereocenters. The number of thioether (sulfide) groups is 1. The first-order valence-electron chi connectivity index (χ1n) is 11.3. The van der Waals surface area contributed by atoms with E-state index in [0.29, 0.717) is 22.0 Å². The molecule has 196 valence electrons. The number of methoxy groups -OCH3 is 1. The summed E-state index contributed by atoms with van der Waals surface area (Å²) in [7, 11) is 1.43. The van der Waals surface area contributed by atoms with E-state index in [1.54, 1.807) is 66.7 Å². The number of nitrogens with one attached hydrogen (secondary N) is 1. The van der Waals surface area contributed by atoms with E-state index in [1.165, 1.54) is 7.11 Å². The van der Waals surface area contributed by atoms with Gasteiger partial charge in [0.25, 0.3) is 17.1 Å². The van der Waals surface area contributed by atoms with Crippen LogP contribution in [0.15, 0.2) is 71.6 Å². The molecule has 1 fully saturated rings. The molecule has 4 rings (SSSR count). The number of para-hydroxylation sites is 2. The Hall–Kier alpha value is -3.66. The number of halogens is 2. The minimum absolute atomic E-state index is 0.0646. The van der Waals surface area contributed by atoms with Crippen LogP contribution in [0.25, 0.3) is 6.08 Å². The van der Waals surface area contributed by atoms with E-state index in [2.05, 4.69) is 5.32 Å². The lowest BCUT2D eigenvalue weighted by molar-refractivity contribution is -0.123. The molecule has 1 heterocycles. The largest absolute Gasteiger partial charge is 0.493 e. The SMILES string of the molecule is COc1cc(/C=C2\SC(=O)N(CCOc3ccccc3Cl)C2=O)cc(Cl)c1OCC(=O)Nc1ccccc1. The lowest BCUT2D eigenvalue weighted by atomic mass is 10.1. The molecule has 3 aromatic carbocycles. The van der Waals surface area contributed by atoms with Crippen LogP contribution < -0.4 is 19.5 Å². The average molecular weight is 573 g/mol. The van der Waals surface area contributed by atoms with Gasteiger partial charge in [-0.05, 0) is 59.8 Å². The highest BCUT2D eigenvalue weighted by Gasteiger charge is 2.35. The van der Waals surface area contributed by atoms with Crippen molar-refractivity contribution in [3.63, 3.8) is 0 Å². The summed E-state index contributed by atoms with van der Waals surface area (Å²) in [6.07, 6.45) is 1.54. The van der Waals surface area contributed by atoms with Gasteiger partial charge in [-0.1, -0.05) is 53.5 Å². The predicted octanol–water partition coefficient (Wildman–Crippen LogP) is 6.13. The summed E-state index contributed by atoms with van der Waals surface area (Å²) in [5, 5.41) is 2.93. The standard InChI is InChI=1S/C27H22Cl2N2O6S/c1-35-22-14-17(13-20(29)25(22)37-16-24(32)30-18-7-3-2-4-8-18)15-23-26(33)31(27(34)38-23)11-12-36-21-10-6-5-9-19(21)28/h2-10,13-15H,11-12,16H2,1H3,(H,30,32)/b23-15-. The molecule has 0 bridgehead atoms. The molecule has 3 amide bonds. The summed E-state index contributed by atoms with van der Waals surface area (Å²) in [6, 6.07) is 19.1. The molecule has 0 spiro atoms. The highest BCUT2D eigenvalue weighted by molar-refractivity contribution is 8.18. The van der Waals surface area contributed by atoms with Crippen LogP contribution in [0.2, 0.25) is 10.0 Å². The van der Waals surface area contributed by atoms with Crippen LogP contribution in [-0.2, 0) is 9.59 Å². The number of rotatable bonds is 10. The van der Waals surface area contributed by atoms with Gasteiger partial charge in [0.2, 0.25) is 0 Å². The molecule has 1 aliphatic rings. The van der Waals surface area contributed by atoms with Crippen molar-refractivity contribution < 1.29 is 28.6 Å². The third-order valence-corrected chi connectivity index (χ3v) is 6.74. The van der Waals surface area contributed by atoms with E-state index in [-0.39, 0.29) is 47.1 Å². The molecule has 0 aliphatic carbocycles. The quantitative estimate of drug-likeness (QED) is 0.292. The summed E-state index contributed by atoms with van der Waals surface area (Å²) >= 11 is 13.3. The number of hydrogen-bond acceptors (Lipinski definition) is 7. The summed E-state index contributed by atoms with van der Waals surface area (Å²) in [5.74, 6) is 0.0996. The monoisotopic (exact) mass is 572 g/mol.